The van der Waals surface area contributed by atoms with Gasteiger partial charge in [-0.15, -0.1) is 0 Å². The Labute approximate surface area is 133 Å². The van der Waals surface area contributed by atoms with Crippen molar-refractivity contribution in [2.45, 2.75) is 20.0 Å². The summed E-state index contributed by atoms with van der Waals surface area (Å²) in [5.74, 6) is -0.0336. The molecule has 2 rings (SSSR count). The van der Waals surface area contributed by atoms with E-state index >= 15 is 0 Å². The minimum atomic E-state index is -4.56. The summed E-state index contributed by atoms with van der Waals surface area (Å²) in [5, 5.41) is 8.82. The van der Waals surface area contributed by atoms with Crippen molar-refractivity contribution in [3.05, 3.63) is 29.3 Å². The van der Waals surface area contributed by atoms with Crippen molar-refractivity contribution in [2.75, 3.05) is 31.1 Å². The number of carbonyl (C=O) groups excluding carboxylic acids is 1. The molecule has 0 aromatic heterocycles. The minimum Gasteiger partial charge on any atom is -0.368 e. The molecule has 1 aliphatic heterocycles. The summed E-state index contributed by atoms with van der Waals surface area (Å²) in [6.45, 7) is 5.57. The molecule has 1 aromatic rings. The molecular formula is C16H18F3N3O. The van der Waals surface area contributed by atoms with Gasteiger partial charge >= 0.3 is 6.18 Å². The lowest BCUT2D eigenvalue weighted by atomic mass is 10.1. The van der Waals surface area contributed by atoms with Crippen LogP contribution in [0.15, 0.2) is 18.2 Å². The maximum absolute atomic E-state index is 13.0. The first kappa shape index (κ1) is 17.1. The van der Waals surface area contributed by atoms with Gasteiger partial charge in [0.1, 0.15) is 0 Å². The molecule has 0 atom stereocenters. The fourth-order valence-corrected chi connectivity index (χ4v) is 2.61. The van der Waals surface area contributed by atoms with Gasteiger partial charge in [-0.1, -0.05) is 13.8 Å². The number of rotatable bonds is 2. The van der Waals surface area contributed by atoms with Crippen LogP contribution in [0.2, 0.25) is 0 Å². The van der Waals surface area contributed by atoms with Crippen LogP contribution in [-0.2, 0) is 11.0 Å². The molecule has 0 radical (unpaired) electrons. The molecule has 0 aliphatic carbocycles. The van der Waals surface area contributed by atoms with E-state index in [9.17, 15) is 18.0 Å². The van der Waals surface area contributed by atoms with E-state index in [1.807, 2.05) is 13.8 Å². The molecule has 0 unspecified atom stereocenters. The smallest absolute Gasteiger partial charge is 0.368 e. The molecule has 0 saturated carbocycles. The Morgan fingerprint density at radius 2 is 1.83 bits per heavy atom. The Bertz CT molecular complexity index is 626. The summed E-state index contributed by atoms with van der Waals surface area (Å²) in [5.41, 5.74) is -0.874. The van der Waals surface area contributed by atoms with Gasteiger partial charge in [0, 0.05) is 37.8 Å². The van der Waals surface area contributed by atoms with Crippen molar-refractivity contribution in [2.24, 2.45) is 5.92 Å². The number of carbonyl (C=O) groups is 1. The molecule has 0 bridgehead atoms. The fourth-order valence-electron chi connectivity index (χ4n) is 2.61. The molecule has 1 saturated heterocycles. The molecule has 1 heterocycles. The number of anilines is 1. The number of piperazine rings is 1. The third kappa shape index (κ3) is 3.76. The van der Waals surface area contributed by atoms with Crippen LogP contribution < -0.4 is 4.90 Å². The van der Waals surface area contributed by atoms with E-state index in [-0.39, 0.29) is 17.4 Å². The van der Waals surface area contributed by atoms with E-state index in [2.05, 4.69) is 0 Å². The minimum absolute atomic E-state index is 0.0560. The maximum Gasteiger partial charge on any atom is 0.417 e. The second-order valence-electron chi connectivity index (χ2n) is 5.81. The molecule has 0 N–H and O–H groups in total. The first-order valence-corrected chi connectivity index (χ1v) is 7.39. The van der Waals surface area contributed by atoms with Crippen molar-refractivity contribution < 1.29 is 18.0 Å². The summed E-state index contributed by atoms with van der Waals surface area (Å²) in [6.07, 6.45) is -4.56. The number of nitrogens with zero attached hydrogens (tertiary/aromatic N) is 3. The summed E-state index contributed by atoms with van der Waals surface area (Å²) >= 11 is 0. The van der Waals surface area contributed by atoms with E-state index in [0.717, 1.165) is 6.07 Å². The van der Waals surface area contributed by atoms with Crippen molar-refractivity contribution in [1.82, 2.24) is 4.90 Å². The number of alkyl halides is 3. The standard InChI is InChI=1S/C16H18F3N3O/c1-11(2)15(23)22-7-5-21(6-8-22)13-4-3-12(10-20)14(9-13)16(17,18)19/h3-4,9,11H,5-8H2,1-2H3. The Kier molecular flexibility index (Phi) is 4.83. The van der Waals surface area contributed by atoms with Gasteiger partial charge in [0.25, 0.3) is 0 Å². The van der Waals surface area contributed by atoms with Crippen LogP contribution in [-0.4, -0.2) is 37.0 Å². The number of nitriles is 1. The molecule has 1 aliphatic rings. The van der Waals surface area contributed by atoms with E-state index in [1.54, 1.807) is 15.9 Å². The zero-order valence-electron chi connectivity index (χ0n) is 13.0. The van der Waals surface area contributed by atoms with Crippen molar-refractivity contribution in [3.8, 4) is 6.07 Å². The van der Waals surface area contributed by atoms with E-state index in [0.29, 0.717) is 31.9 Å². The first-order valence-electron chi connectivity index (χ1n) is 7.39. The zero-order valence-corrected chi connectivity index (χ0v) is 13.0. The lowest BCUT2D eigenvalue weighted by Crippen LogP contribution is -2.50. The average Bonchev–Trinajstić information content (AvgIpc) is 2.52. The molecule has 124 valence electrons. The van der Waals surface area contributed by atoms with E-state index in [4.69, 9.17) is 5.26 Å². The van der Waals surface area contributed by atoms with Gasteiger partial charge in [-0.25, -0.2) is 0 Å². The number of amides is 1. The van der Waals surface area contributed by atoms with Crippen molar-refractivity contribution in [1.29, 1.82) is 5.26 Å². The second-order valence-corrected chi connectivity index (χ2v) is 5.81. The third-order valence-electron chi connectivity index (χ3n) is 3.88. The van der Waals surface area contributed by atoms with Crippen LogP contribution in [0.1, 0.15) is 25.0 Å². The predicted molar refractivity (Wildman–Crippen MR) is 79.8 cm³/mol. The topological polar surface area (TPSA) is 47.3 Å². The maximum atomic E-state index is 13.0. The van der Waals surface area contributed by atoms with Gasteiger partial charge in [0.05, 0.1) is 17.2 Å². The summed E-state index contributed by atoms with van der Waals surface area (Å²) < 4.78 is 39.1. The Hall–Kier alpha value is -2.23. The van der Waals surface area contributed by atoms with Gasteiger partial charge in [0.15, 0.2) is 0 Å². The molecule has 0 spiro atoms. The lowest BCUT2D eigenvalue weighted by Gasteiger charge is -2.37. The normalized spacial score (nSPS) is 15.7. The highest BCUT2D eigenvalue weighted by Gasteiger charge is 2.34. The summed E-state index contributed by atoms with van der Waals surface area (Å²) in [4.78, 5) is 15.5. The molecule has 4 nitrogen and oxygen atoms in total. The van der Waals surface area contributed by atoms with Crippen molar-refractivity contribution >= 4 is 11.6 Å². The van der Waals surface area contributed by atoms with Crippen LogP contribution >= 0.6 is 0 Å². The molecule has 7 heteroatoms. The highest BCUT2D eigenvalue weighted by atomic mass is 19.4. The Balaban J connectivity index is 2.16. The molecule has 23 heavy (non-hydrogen) atoms. The fraction of sp³-hybridized carbons (Fsp3) is 0.500. The quantitative estimate of drug-likeness (QED) is 0.840. The molecular weight excluding hydrogens is 307 g/mol. The Morgan fingerprint density at radius 3 is 2.30 bits per heavy atom. The van der Waals surface area contributed by atoms with Gasteiger partial charge < -0.3 is 9.80 Å². The highest BCUT2D eigenvalue weighted by Crippen LogP contribution is 2.34. The van der Waals surface area contributed by atoms with Crippen molar-refractivity contribution in [3.63, 3.8) is 0 Å². The molecule has 1 aromatic carbocycles. The van der Waals surface area contributed by atoms with Gasteiger partial charge in [0.2, 0.25) is 5.91 Å². The third-order valence-corrected chi connectivity index (χ3v) is 3.88. The molecule has 1 fully saturated rings. The number of hydrogen-bond acceptors (Lipinski definition) is 3. The van der Waals surface area contributed by atoms with E-state index < -0.39 is 11.7 Å². The van der Waals surface area contributed by atoms with Gasteiger partial charge in [-0.05, 0) is 18.2 Å². The average molecular weight is 325 g/mol. The van der Waals surface area contributed by atoms with Crippen LogP contribution in [0.25, 0.3) is 0 Å². The largest absolute Gasteiger partial charge is 0.417 e. The van der Waals surface area contributed by atoms with Crippen LogP contribution in [0.3, 0.4) is 0 Å². The summed E-state index contributed by atoms with van der Waals surface area (Å²) in [7, 11) is 0. The Morgan fingerprint density at radius 1 is 1.22 bits per heavy atom. The number of benzene rings is 1. The van der Waals surface area contributed by atoms with Gasteiger partial charge in [-0.3, -0.25) is 4.79 Å². The molecule has 1 amide bonds. The van der Waals surface area contributed by atoms with E-state index in [1.165, 1.54) is 12.1 Å². The van der Waals surface area contributed by atoms with Crippen LogP contribution in [0, 0.1) is 17.2 Å². The first-order chi connectivity index (χ1) is 10.7. The van der Waals surface area contributed by atoms with Gasteiger partial charge in [-0.2, -0.15) is 18.4 Å². The summed E-state index contributed by atoms with van der Waals surface area (Å²) in [6, 6.07) is 5.31. The van der Waals surface area contributed by atoms with Crippen LogP contribution in [0.4, 0.5) is 18.9 Å². The zero-order chi connectivity index (χ0) is 17.2. The monoisotopic (exact) mass is 325 g/mol. The predicted octanol–water partition coefficient (Wildman–Crippen LogP) is 2.88. The lowest BCUT2D eigenvalue weighted by molar-refractivity contribution is -0.137. The SMILES string of the molecule is CC(C)C(=O)N1CCN(c2ccc(C#N)c(C(F)(F)F)c2)CC1. The van der Waals surface area contributed by atoms with Crippen LogP contribution in [0.5, 0.6) is 0 Å². The number of halogens is 3. The second kappa shape index (κ2) is 6.49. The number of hydrogen-bond donors (Lipinski definition) is 0. The highest BCUT2D eigenvalue weighted by molar-refractivity contribution is 5.78.